The van der Waals surface area contributed by atoms with E-state index in [1.54, 1.807) is 0 Å². The molecule has 2 aliphatic carbocycles. The fraction of sp³-hybridized carbons (Fsp3) is 0.929. The lowest BCUT2D eigenvalue weighted by Gasteiger charge is -2.04. The second-order valence-electron chi connectivity index (χ2n) is 6.45. The molecule has 2 heteroatoms. The van der Waals surface area contributed by atoms with Crippen molar-refractivity contribution in [3.63, 3.8) is 0 Å². The molecule has 0 aromatic heterocycles. The Labute approximate surface area is 98.4 Å². The highest BCUT2D eigenvalue weighted by molar-refractivity contribution is 5.71. The minimum absolute atomic E-state index is 0.109. The summed E-state index contributed by atoms with van der Waals surface area (Å²) in [5, 5.41) is 10.5. The number of aliphatic carboxylic acids is 1. The number of carbonyl (C=O) groups is 1. The van der Waals surface area contributed by atoms with Gasteiger partial charge in [0.1, 0.15) is 0 Å². The number of carboxylic acid groups (broad SMARTS) is 1. The normalized spacial score (nSPS) is 34.8. The van der Waals surface area contributed by atoms with E-state index < -0.39 is 5.97 Å². The lowest BCUT2D eigenvalue weighted by Crippen LogP contribution is -2.24. The van der Waals surface area contributed by atoms with Gasteiger partial charge >= 0.3 is 0 Å². The van der Waals surface area contributed by atoms with Crippen LogP contribution in [0.1, 0.15) is 58.8 Å². The van der Waals surface area contributed by atoms with E-state index in [1.807, 2.05) is 0 Å². The molecule has 0 bridgehead atoms. The highest BCUT2D eigenvalue weighted by atomic mass is 16.4. The first-order chi connectivity index (χ1) is 7.50. The Balaban J connectivity index is 1.44. The van der Waals surface area contributed by atoms with Crippen molar-refractivity contribution in [3.8, 4) is 0 Å². The fourth-order valence-corrected chi connectivity index (χ4v) is 2.90. The van der Waals surface area contributed by atoms with Crippen LogP contribution in [0.3, 0.4) is 0 Å². The summed E-state index contributed by atoms with van der Waals surface area (Å²) in [6.45, 7) is 4.71. The SMILES string of the molecule is CC1(C)CC1CCCCCC1CC1C(=O)[O-]. The summed E-state index contributed by atoms with van der Waals surface area (Å²) >= 11 is 0. The van der Waals surface area contributed by atoms with E-state index in [2.05, 4.69) is 13.8 Å². The van der Waals surface area contributed by atoms with Gasteiger partial charge in [-0.25, -0.2) is 0 Å². The highest BCUT2D eigenvalue weighted by Crippen LogP contribution is 2.54. The Morgan fingerprint density at radius 2 is 1.88 bits per heavy atom. The molecule has 0 aromatic carbocycles. The summed E-state index contributed by atoms with van der Waals surface area (Å²) < 4.78 is 0. The van der Waals surface area contributed by atoms with E-state index in [0.717, 1.165) is 18.8 Å². The average molecular weight is 223 g/mol. The monoisotopic (exact) mass is 223 g/mol. The molecule has 3 atom stereocenters. The predicted molar refractivity (Wildman–Crippen MR) is 61.6 cm³/mol. The largest absolute Gasteiger partial charge is 0.550 e. The van der Waals surface area contributed by atoms with Crippen LogP contribution in [0.2, 0.25) is 0 Å². The quantitative estimate of drug-likeness (QED) is 0.622. The molecule has 0 aliphatic heterocycles. The van der Waals surface area contributed by atoms with E-state index in [1.165, 1.54) is 32.1 Å². The van der Waals surface area contributed by atoms with Crippen LogP contribution >= 0.6 is 0 Å². The van der Waals surface area contributed by atoms with E-state index in [-0.39, 0.29) is 5.92 Å². The summed E-state index contributed by atoms with van der Waals surface area (Å²) in [4.78, 5) is 10.5. The van der Waals surface area contributed by atoms with Crippen molar-refractivity contribution in [2.24, 2.45) is 23.2 Å². The van der Waals surface area contributed by atoms with Gasteiger partial charge in [-0.05, 0) is 42.9 Å². The number of unbranched alkanes of at least 4 members (excludes halogenated alkanes) is 2. The second-order valence-corrected chi connectivity index (χ2v) is 6.45. The highest BCUT2D eigenvalue weighted by Gasteiger charge is 2.44. The Morgan fingerprint density at radius 1 is 1.25 bits per heavy atom. The first kappa shape index (κ1) is 11.9. The second kappa shape index (κ2) is 4.38. The molecule has 0 saturated heterocycles. The van der Waals surface area contributed by atoms with Gasteiger partial charge in [0.25, 0.3) is 0 Å². The molecule has 2 aliphatic rings. The molecule has 0 heterocycles. The molecule has 2 saturated carbocycles. The van der Waals surface area contributed by atoms with Gasteiger partial charge in [0.15, 0.2) is 0 Å². The molecule has 0 radical (unpaired) electrons. The van der Waals surface area contributed by atoms with Gasteiger partial charge in [0, 0.05) is 11.9 Å². The third kappa shape index (κ3) is 2.99. The zero-order chi connectivity index (χ0) is 11.8. The van der Waals surface area contributed by atoms with Crippen molar-refractivity contribution >= 4 is 5.97 Å². The average Bonchev–Trinajstić information content (AvgIpc) is 3.04. The number of carbonyl (C=O) groups excluding carboxylic acids is 1. The van der Waals surface area contributed by atoms with Crippen LogP contribution < -0.4 is 5.11 Å². The van der Waals surface area contributed by atoms with Crippen LogP contribution in [-0.4, -0.2) is 5.97 Å². The molecule has 2 fully saturated rings. The van der Waals surface area contributed by atoms with Crippen LogP contribution in [0, 0.1) is 23.2 Å². The van der Waals surface area contributed by atoms with Crippen LogP contribution in [0.5, 0.6) is 0 Å². The first-order valence-corrected chi connectivity index (χ1v) is 6.71. The zero-order valence-corrected chi connectivity index (χ0v) is 10.5. The summed E-state index contributed by atoms with van der Waals surface area (Å²) in [5.41, 5.74) is 0.622. The van der Waals surface area contributed by atoms with Gasteiger partial charge in [0.2, 0.25) is 0 Å². The van der Waals surface area contributed by atoms with Crippen molar-refractivity contribution < 1.29 is 9.90 Å². The number of hydrogen-bond donors (Lipinski definition) is 0. The fourth-order valence-electron chi connectivity index (χ4n) is 2.90. The molecule has 3 unspecified atom stereocenters. The topological polar surface area (TPSA) is 40.1 Å². The predicted octanol–water partition coefficient (Wildman–Crippen LogP) is 2.37. The van der Waals surface area contributed by atoms with Gasteiger partial charge in [-0.2, -0.15) is 0 Å². The number of carboxylic acids is 1. The lowest BCUT2D eigenvalue weighted by atomic mass is 10.0. The van der Waals surface area contributed by atoms with Gasteiger partial charge in [-0.15, -0.1) is 0 Å². The Kier molecular flexibility index (Phi) is 3.27. The lowest BCUT2D eigenvalue weighted by molar-refractivity contribution is -0.308. The molecule has 2 nitrogen and oxygen atoms in total. The third-order valence-electron chi connectivity index (χ3n) is 4.57. The van der Waals surface area contributed by atoms with Crippen LogP contribution in [0.4, 0.5) is 0 Å². The number of rotatable bonds is 7. The van der Waals surface area contributed by atoms with E-state index in [0.29, 0.717) is 11.3 Å². The molecular formula is C14H23O2-. The van der Waals surface area contributed by atoms with Crippen molar-refractivity contribution in [1.29, 1.82) is 0 Å². The maximum absolute atomic E-state index is 10.5. The molecule has 2 rings (SSSR count). The van der Waals surface area contributed by atoms with Crippen molar-refractivity contribution in [2.45, 2.75) is 58.8 Å². The van der Waals surface area contributed by atoms with Crippen molar-refractivity contribution in [1.82, 2.24) is 0 Å². The van der Waals surface area contributed by atoms with Crippen LogP contribution in [0.15, 0.2) is 0 Å². The molecule has 0 amide bonds. The van der Waals surface area contributed by atoms with E-state index in [9.17, 15) is 9.90 Å². The minimum Gasteiger partial charge on any atom is -0.550 e. The van der Waals surface area contributed by atoms with Crippen LogP contribution in [-0.2, 0) is 4.79 Å². The van der Waals surface area contributed by atoms with Crippen molar-refractivity contribution in [3.05, 3.63) is 0 Å². The molecular weight excluding hydrogens is 200 g/mol. The maximum Gasteiger partial charge on any atom is 0.0448 e. The number of hydrogen-bond acceptors (Lipinski definition) is 2. The Morgan fingerprint density at radius 3 is 2.38 bits per heavy atom. The zero-order valence-electron chi connectivity index (χ0n) is 10.5. The first-order valence-electron chi connectivity index (χ1n) is 6.71. The van der Waals surface area contributed by atoms with E-state index in [4.69, 9.17) is 0 Å². The molecule has 0 N–H and O–H groups in total. The Hall–Kier alpha value is -0.530. The third-order valence-corrected chi connectivity index (χ3v) is 4.57. The van der Waals surface area contributed by atoms with Crippen LogP contribution in [0.25, 0.3) is 0 Å². The summed E-state index contributed by atoms with van der Waals surface area (Å²) in [6.07, 6.45) is 8.58. The smallest absolute Gasteiger partial charge is 0.0448 e. The summed E-state index contributed by atoms with van der Waals surface area (Å²) in [5.74, 6) is 0.471. The minimum atomic E-state index is -0.829. The van der Waals surface area contributed by atoms with Gasteiger partial charge in [0.05, 0.1) is 0 Å². The van der Waals surface area contributed by atoms with Gasteiger partial charge in [-0.3, -0.25) is 0 Å². The van der Waals surface area contributed by atoms with Gasteiger partial charge < -0.3 is 9.90 Å². The molecule has 16 heavy (non-hydrogen) atoms. The molecule has 0 aromatic rings. The standard InChI is InChI=1S/C14H24O2/c1-14(2)9-11(14)7-5-3-4-6-10-8-12(10)13(15)16/h10-12H,3-9H2,1-2H3,(H,15,16)/p-1. The summed E-state index contributed by atoms with van der Waals surface area (Å²) in [7, 11) is 0. The molecule has 0 spiro atoms. The van der Waals surface area contributed by atoms with Gasteiger partial charge in [-0.1, -0.05) is 33.1 Å². The van der Waals surface area contributed by atoms with Crippen molar-refractivity contribution in [2.75, 3.05) is 0 Å². The maximum atomic E-state index is 10.5. The molecule has 92 valence electrons. The Bertz CT molecular complexity index is 270. The summed E-state index contributed by atoms with van der Waals surface area (Å²) in [6, 6.07) is 0. The van der Waals surface area contributed by atoms with E-state index >= 15 is 0 Å².